The zero-order valence-corrected chi connectivity index (χ0v) is 11.2. The Labute approximate surface area is 112 Å². The van der Waals surface area contributed by atoms with Gasteiger partial charge in [-0.2, -0.15) is 0 Å². The van der Waals surface area contributed by atoms with E-state index in [1.165, 1.54) is 7.11 Å². The molecule has 3 N–H and O–H groups in total. The van der Waals surface area contributed by atoms with Gasteiger partial charge in [0.15, 0.2) is 0 Å². The van der Waals surface area contributed by atoms with Crippen LogP contribution in [0.1, 0.15) is 19.3 Å². The molecule has 0 saturated carbocycles. The molecule has 2 atom stereocenters. The Morgan fingerprint density at radius 3 is 2.89 bits per heavy atom. The average molecular weight is 274 g/mol. The molecule has 0 spiro atoms. The third-order valence-corrected chi connectivity index (χ3v) is 3.02. The van der Waals surface area contributed by atoms with Gasteiger partial charge in [-0.3, -0.25) is 0 Å². The first-order chi connectivity index (χ1) is 9.13. The van der Waals surface area contributed by atoms with E-state index in [-0.39, 0.29) is 13.0 Å². The van der Waals surface area contributed by atoms with Crippen LogP contribution in [0.4, 0.5) is 4.79 Å². The highest BCUT2D eigenvalue weighted by atomic mass is 16.5. The van der Waals surface area contributed by atoms with E-state index in [1.807, 2.05) is 0 Å². The van der Waals surface area contributed by atoms with Gasteiger partial charge in [0.2, 0.25) is 0 Å². The molecule has 1 heterocycles. The summed E-state index contributed by atoms with van der Waals surface area (Å²) in [7, 11) is 1.49. The summed E-state index contributed by atoms with van der Waals surface area (Å²) in [5, 5.41) is 14.0. The van der Waals surface area contributed by atoms with Crippen molar-refractivity contribution >= 4 is 12.0 Å². The second-order valence-electron chi connectivity index (χ2n) is 4.61. The van der Waals surface area contributed by atoms with Crippen LogP contribution in [0, 0.1) is 5.92 Å². The van der Waals surface area contributed by atoms with Gasteiger partial charge in [-0.05, 0) is 18.8 Å². The third-order valence-electron chi connectivity index (χ3n) is 3.02. The standard InChI is InChI=1S/C12H22N2O5/c1-18-6-4-10(11(15)16)14-12(17)13-7-9-3-2-5-19-8-9/h9-10H,2-8H2,1H3,(H,15,16)(H2,13,14,17). The van der Waals surface area contributed by atoms with Gasteiger partial charge in [0.05, 0.1) is 6.61 Å². The van der Waals surface area contributed by atoms with Crippen molar-refractivity contribution in [1.29, 1.82) is 0 Å². The summed E-state index contributed by atoms with van der Waals surface area (Å²) in [5.74, 6) is -0.755. The number of ether oxygens (including phenoxy) is 2. The van der Waals surface area contributed by atoms with E-state index in [9.17, 15) is 9.59 Å². The molecule has 1 fully saturated rings. The Morgan fingerprint density at radius 2 is 2.32 bits per heavy atom. The lowest BCUT2D eigenvalue weighted by Crippen LogP contribution is -2.48. The van der Waals surface area contributed by atoms with Crippen LogP contribution < -0.4 is 10.6 Å². The summed E-state index contributed by atoms with van der Waals surface area (Å²) < 4.78 is 10.1. The number of hydrogen-bond acceptors (Lipinski definition) is 4. The quantitative estimate of drug-likeness (QED) is 0.616. The molecule has 1 rings (SSSR count). The maximum Gasteiger partial charge on any atom is 0.326 e. The highest BCUT2D eigenvalue weighted by Gasteiger charge is 2.20. The third kappa shape index (κ3) is 6.40. The molecule has 1 saturated heterocycles. The van der Waals surface area contributed by atoms with Gasteiger partial charge < -0.3 is 25.2 Å². The van der Waals surface area contributed by atoms with E-state index in [2.05, 4.69) is 10.6 Å². The minimum absolute atomic E-state index is 0.242. The molecule has 7 heteroatoms. The summed E-state index contributed by atoms with van der Waals surface area (Å²) in [6.07, 6.45) is 2.26. The second kappa shape index (κ2) is 8.71. The highest BCUT2D eigenvalue weighted by Crippen LogP contribution is 2.11. The van der Waals surface area contributed by atoms with Gasteiger partial charge in [0.1, 0.15) is 6.04 Å². The molecule has 0 aliphatic carbocycles. The van der Waals surface area contributed by atoms with Gasteiger partial charge in [-0.15, -0.1) is 0 Å². The summed E-state index contributed by atoms with van der Waals surface area (Å²) >= 11 is 0. The lowest BCUT2D eigenvalue weighted by molar-refractivity contribution is -0.139. The Hall–Kier alpha value is -1.34. The normalized spacial score (nSPS) is 20.6. The summed E-state index contributed by atoms with van der Waals surface area (Å²) in [4.78, 5) is 22.5. The summed E-state index contributed by atoms with van der Waals surface area (Å²) in [6, 6.07) is -1.39. The van der Waals surface area contributed by atoms with Crippen LogP contribution in [0.15, 0.2) is 0 Å². The van der Waals surface area contributed by atoms with Crippen molar-refractivity contribution < 1.29 is 24.2 Å². The first-order valence-electron chi connectivity index (χ1n) is 6.47. The van der Waals surface area contributed by atoms with Crippen LogP contribution in [-0.2, 0) is 14.3 Å². The number of carboxylic acid groups (broad SMARTS) is 1. The van der Waals surface area contributed by atoms with Gasteiger partial charge in [0, 0.05) is 33.3 Å². The smallest absolute Gasteiger partial charge is 0.326 e. The van der Waals surface area contributed by atoms with E-state index in [0.29, 0.717) is 19.1 Å². The monoisotopic (exact) mass is 274 g/mol. The Kier molecular flexibility index (Phi) is 7.20. The number of hydrogen-bond donors (Lipinski definition) is 3. The van der Waals surface area contributed by atoms with Crippen LogP contribution in [0.5, 0.6) is 0 Å². The van der Waals surface area contributed by atoms with Crippen LogP contribution in [-0.4, -0.2) is 56.6 Å². The Bertz CT molecular complexity index is 292. The van der Waals surface area contributed by atoms with Crippen LogP contribution in [0.3, 0.4) is 0 Å². The number of rotatable bonds is 7. The van der Waals surface area contributed by atoms with E-state index in [4.69, 9.17) is 14.6 Å². The molecule has 0 radical (unpaired) electrons. The van der Waals surface area contributed by atoms with Gasteiger partial charge >= 0.3 is 12.0 Å². The van der Waals surface area contributed by atoms with Gasteiger partial charge in [-0.25, -0.2) is 9.59 Å². The fraction of sp³-hybridized carbons (Fsp3) is 0.833. The SMILES string of the molecule is COCCC(NC(=O)NCC1CCCOC1)C(=O)O. The number of nitrogens with one attached hydrogen (secondary N) is 2. The predicted octanol–water partition coefficient (Wildman–Crippen LogP) is 0.202. The van der Waals surface area contributed by atoms with E-state index >= 15 is 0 Å². The molecule has 0 aromatic rings. The highest BCUT2D eigenvalue weighted by molar-refractivity contribution is 5.82. The zero-order chi connectivity index (χ0) is 14.1. The number of carbonyl (C=O) groups excluding carboxylic acids is 1. The molecule has 1 aliphatic heterocycles. The van der Waals surface area contributed by atoms with Crippen molar-refractivity contribution in [2.45, 2.75) is 25.3 Å². The first-order valence-corrected chi connectivity index (χ1v) is 6.47. The zero-order valence-electron chi connectivity index (χ0n) is 11.2. The van der Waals surface area contributed by atoms with Crippen molar-refractivity contribution in [3.8, 4) is 0 Å². The molecule has 19 heavy (non-hydrogen) atoms. The van der Waals surface area contributed by atoms with Crippen molar-refractivity contribution in [2.75, 3.05) is 33.5 Å². The molecular formula is C12H22N2O5. The van der Waals surface area contributed by atoms with Crippen molar-refractivity contribution in [1.82, 2.24) is 10.6 Å². The van der Waals surface area contributed by atoms with E-state index in [0.717, 1.165) is 19.4 Å². The number of carboxylic acids is 1. The van der Waals surface area contributed by atoms with Crippen molar-refractivity contribution in [3.05, 3.63) is 0 Å². The molecular weight excluding hydrogens is 252 g/mol. The number of aliphatic carboxylic acids is 1. The van der Waals surface area contributed by atoms with Crippen LogP contribution >= 0.6 is 0 Å². The van der Waals surface area contributed by atoms with Crippen LogP contribution in [0.25, 0.3) is 0 Å². The van der Waals surface area contributed by atoms with E-state index in [1.54, 1.807) is 0 Å². The predicted molar refractivity (Wildman–Crippen MR) is 68.0 cm³/mol. The molecule has 0 bridgehead atoms. The van der Waals surface area contributed by atoms with Crippen molar-refractivity contribution in [3.63, 3.8) is 0 Å². The minimum atomic E-state index is -1.06. The number of urea groups is 1. The molecule has 2 amide bonds. The fourth-order valence-corrected chi connectivity index (χ4v) is 1.91. The molecule has 7 nitrogen and oxygen atoms in total. The number of methoxy groups -OCH3 is 1. The lowest BCUT2D eigenvalue weighted by Gasteiger charge is -2.22. The molecule has 0 aromatic heterocycles. The number of carbonyl (C=O) groups is 2. The second-order valence-corrected chi connectivity index (χ2v) is 4.61. The average Bonchev–Trinajstić information content (AvgIpc) is 2.42. The van der Waals surface area contributed by atoms with E-state index < -0.39 is 18.0 Å². The first kappa shape index (κ1) is 15.7. The number of amides is 2. The topological polar surface area (TPSA) is 96.9 Å². The fourth-order valence-electron chi connectivity index (χ4n) is 1.91. The maximum absolute atomic E-state index is 11.6. The maximum atomic E-state index is 11.6. The summed E-state index contributed by atoms with van der Waals surface area (Å²) in [6.45, 7) is 2.21. The molecule has 2 unspecified atom stereocenters. The van der Waals surface area contributed by atoms with Gasteiger partial charge in [0.25, 0.3) is 0 Å². The van der Waals surface area contributed by atoms with Crippen molar-refractivity contribution in [2.24, 2.45) is 5.92 Å². The Morgan fingerprint density at radius 1 is 1.53 bits per heavy atom. The lowest BCUT2D eigenvalue weighted by atomic mass is 10.0. The minimum Gasteiger partial charge on any atom is -0.480 e. The van der Waals surface area contributed by atoms with Gasteiger partial charge in [-0.1, -0.05) is 0 Å². The Balaban J connectivity index is 2.25. The largest absolute Gasteiger partial charge is 0.480 e. The molecule has 1 aliphatic rings. The molecule has 110 valence electrons. The summed E-state index contributed by atoms with van der Waals surface area (Å²) in [5.41, 5.74) is 0. The molecule has 0 aromatic carbocycles. The van der Waals surface area contributed by atoms with Crippen LogP contribution in [0.2, 0.25) is 0 Å².